The van der Waals surface area contributed by atoms with Crippen molar-refractivity contribution in [1.29, 1.82) is 0 Å². The van der Waals surface area contributed by atoms with Crippen molar-refractivity contribution in [1.82, 2.24) is 4.57 Å². The molecule has 0 bridgehead atoms. The number of ketones is 1. The number of halogens is 1. The van der Waals surface area contributed by atoms with Gasteiger partial charge in [-0.2, -0.15) is 0 Å². The van der Waals surface area contributed by atoms with Crippen LogP contribution in [-0.2, 0) is 0 Å². The van der Waals surface area contributed by atoms with Crippen LogP contribution in [0.3, 0.4) is 0 Å². The number of hydrogen-bond donors (Lipinski definition) is 1. The molecule has 1 aliphatic rings. The van der Waals surface area contributed by atoms with Crippen LogP contribution >= 0.6 is 0 Å². The number of carbonyl (C=O) groups excluding carboxylic acids is 1. The van der Waals surface area contributed by atoms with Crippen LogP contribution < -0.4 is 0 Å². The smallest absolute Gasteiger partial charge is 0.208 e. The fourth-order valence-electron chi connectivity index (χ4n) is 3.80. The van der Waals surface area contributed by atoms with E-state index in [1.807, 2.05) is 30.3 Å². The van der Waals surface area contributed by atoms with Gasteiger partial charge in [0, 0.05) is 16.6 Å². The van der Waals surface area contributed by atoms with E-state index in [1.165, 1.54) is 36.6 Å². The molecule has 1 aromatic heterocycles. The zero-order valence-corrected chi connectivity index (χ0v) is 15.1. The van der Waals surface area contributed by atoms with Crippen molar-refractivity contribution >= 4 is 16.7 Å². The zero-order valence-electron chi connectivity index (χ0n) is 15.1. The molecule has 1 saturated carbocycles. The first-order chi connectivity index (χ1) is 13.6. The number of hydrogen-bond acceptors (Lipinski definition) is 2. The van der Waals surface area contributed by atoms with E-state index in [9.17, 15) is 14.3 Å². The topological polar surface area (TPSA) is 42.2 Å². The second kappa shape index (κ2) is 6.34. The molecular formula is C24H18FNO2. The molecule has 1 N–H and O–H groups in total. The Kier molecular flexibility index (Phi) is 3.79. The van der Waals surface area contributed by atoms with E-state index in [1.54, 1.807) is 16.7 Å². The maximum atomic E-state index is 13.6. The average molecular weight is 371 g/mol. The van der Waals surface area contributed by atoms with Crippen LogP contribution in [0.1, 0.15) is 40.2 Å². The molecule has 0 spiro atoms. The maximum absolute atomic E-state index is 13.6. The van der Waals surface area contributed by atoms with E-state index in [0.29, 0.717) is 11.3 Å². The normalized spacial score (nSPS) is 13.8. The van der Waals surface area contributed by atoms with Gasteiger partial charge in [-0.05, 0) is 54.7 Å². The Bertz CT molecular complexity index is 1200. The predicted octanol–water partition coefficient (Wildman–Crippen LogP) is 5.58. The van der Waals surface area contributed by atoms with Crippen LogP contribution in [0.5, 0.6) is 5.88 Å². The Labute approximate surface area is 161 Å². The molecule has 0 radical (unpaired) electrons. The zero-order chi connectivity index (χ0) is 19.3. The Morgan fingerprint density at radius 2 is 1.71 bits per heavy atom. The molecule has 138 valence electrons. The Morgan fingerprint density at radius 3 is 2.43 bits per heavy atom. The van der Waals surface area contributed by atoms with E-state index in [-0.39, 0.29) is 17.0 Å². The van der Waals surface area contributed by atoms with Gasteiger partial charge in [0.25, 0.3) is 0 Å². The van der Waals surface area contributed by atoms with Crippen LogP contribution in [0.25, 0.3) is 16.6 Å². The van der Waals surface area contributed by atoms with Gasteiger partial charge in [-0.25, -0.2) is 4.39 Å². The first-order valence-corrected chi connectivity index (χ1v) is 9.36. The fraction of sp³-hybridized carbons (Fsp3) is 0.125. The molecule has 1 aliphatic carbocycles. The van der Waals surface area contributed by atoms with Crippen molar-refractivity contribution in [2.24, 2.45) is 0 Å². The Balaban J connectivity index is 1.68. The maximum Gasteiger partial charge on any atom is 0.208 e. The summed E-state index contributed by atoms with van der Waals surface area (Å²) in [6, 6.07) is 21.0. The molecule has 1 heterocycles. The summed E-state index contributed by atoms with van der Waals surface area (Å²) in [5.41, 5.74) is 3.22. The predicted molar refractivity (Wildman–Crippen MR) is 107 cm³/mol. The molecule has 28 heavy (non-hydrogen) atoms. The van der Waals surface area contributed by atoms with Gasteiger partial charge in [0.2, 0.25) is 5.88 Å². The van der Waals surface area contributed by atoms with E-state index in [4.69, 9.17) is 0 Å². The highest BCUT2D eigenvalue weighted by Gasteiger charge is 2.26. The van der Waals surface area contributed by atoms with Gasteiger partial charge in [-0.15, -0.1) is 0 Å². The number of carbonyl (C=O) groups is 1. The number of fused-ring (bicyclic) bond motifs is 1. The van der Waals surface area contributed by atoms with Crippen molar-refractivity contribution in [2.45, 2.75) is 18.8 Å². The van der Waals surface area contributed by atoms with Gasteiger partial charge < -0.3 is 5.11 Å². The molecule has 1 fully saturated rings. The summed E-state index contributed by atoms with van der Waals surface area (Å²) >= 11 is 0. The Morgan fingerprint density at radius 1 is 0.964 bits per heavy atom. The van der Waals surface area contributed by atoms with E-state index in [2.05, 4.69) is 12.1 Å². The van der Waals surface area contributed by atoms with Crippen molar-refractivity contribution in [2.75, 3.05) is 0 Å². The number of aromatic hydroxyl groups is 1. The minimum atomic E-state index is -0.482. The molecule has 3 nitrogen and oxygen atoms in total. The van der Waals surface area contributed by atoms with Crippen molar-refractivity contribution in [3.8, 4) is 11.6 Å². The summed E-state index contributed by atoms with van der Waals surface area (Å²) < 4.78 is 15.3. The van der Waals surface area contributed by atoms with Gasteiger partial charge in [-0.3, -0.25) is 9.36 Å². The highest BCUT2D eigenvalue weighted by Crippen LogP contribution is 2.41. The summed E-state index contributed by atoms with van der Waals surface area (Å²) in [4.78, 5) is 13.1. The van der Waals surface area contributed by atoms with Gasteiger partial charge in [0.15, 0.2) is 5.78 Å². The minimum absolute atomic E-state index is 0.130. The second-order valence-electron chi connectivity index (χ2n) is 7.26. The number of aromatic nitrogens is 1. The van der Waals surface area contributed by atoms with E-state index < -0.39 is 11.6 Å². The van der Waals surface area contributed by atoms with Crippen molar-refractivity contribution in [3.05, 3.63) is 95.3 Å². The van der Waals surface area contributed by atoms with Gasteiger partial charge >= 0.3 is 0 Å². The third-order valence-electron chi connectivity index (χ3n) is 5.36. The van der Waals surface area contributed by atoms with Crippen molar-refractivity contribution in [3.63, 3.8) is 0 Å². The largest absolute Gasteiger partial charge is 0.494 e. The third kappa shape index (κ3) is 2.69. The monoisotopic (exact) mass is 371 g/mol. The summed E-state index contributed by atoms with van der Waals surface area (Å²) in [6.07, 6.45) is 2.45. The highest BCUT2D eigenvalue weighted by molar-refractivity contribution is 6.18. The number of rotatable bonds is 4. The number of para-hydroxylation sites is 1. The lowest BCUT2D eigenvalue weighted by molar-refractivity contribution is 0.103. The van der Waals surface area contributed by atoms with Gasteiger partial charge in [0.1, 0.15) is 5.82 Å². The number of benzene rings is 3. The van der Waals surface area contributed by atoms with Crippen LogP contribution in [0.2, 0.25) is 0 Å². The highest BCUT2D eigenvalue weighted by atomic mass is 19.1. The third-order valence-corrected chi connectivity index (χ3v) is 5.36. The van der Waals surface area contributed by atoms with Crippen molar-refractivity contribution < 1.29 is 14.3 Å². The molecular weight excluding hydrogens is 353 g/mol. The van der Waals surface area contributed by atoms with Gasteiger partial charge in [-0.1, -0.05) is 42.5 Å². The first kappa shape index (κ1) is 16.8. The van der Waals surface area contributed by atoms with Crippen LogP contribution in [0.15, 0.2) is 72.8 Å². The SMILES string of the molecule is O=C(c1cccc(F)c1)c1c(O)n(-c2ccc(C3CC3)cc2)c2ccccc12. The molecule has 3 aromatic carbocycles. The fourth-order valence-corrected chi connectivity index (χ4v) is 3.80. The second-order valence-corrected chi connectivity index (χ2v) is 7.26. The molecule has 4 aromatic rings. The average Bonchev–Trinajstić information content (AvgIpc) is 3.51. The molecule has 0 aliphatic heterocycles. The molecule has 4 heteroatoms. The van der Waals surface area contributed by atoms with Gasteiger partial charge in [0.05, 0.1) is 11.1 Å². The first-order valence-electron chi connectivity index (χ1n) is 9.36. The number of nitrogens with zero attached hydrogens (tertiary/aromatic N) is 1. The lowest BCUT2D eigenvalue weighted by Crippen LogP contribution is -2.02. The van der Waals surface area contributed by atoms with Crippen LogP contribution in [0, 0.1) is 5.82 Å². The molecule has 0 unspecified atom stereocenters. The summed E-state index contributed by atoms with van der Waals surface area (Å²) in [5.74, 6) is -0.366. The summed E-state index contributed by atoms with van der Waals surface area (Å²) in [6.45, 7) is 0. The molecule has 5 rings (SSSR count). The summed E-state index contributed by atoms with van der Waals surface area (Å²) in [5, 5.41) is 11.6. The van der Waals surface area contributed by atoms with E-state index in [0.717, 1.165) is 11.2 Å². The molecule has 0 saturated heterocycles. The standard InChI is InChI=1S/C24H18FNO2/c25-18-5-3-4-17(14-18)23(27)22-20-6-1-2-7-21(20)26(24(22)28)19-12-10-16(11-13-19)15-8-9-15/h1-7,10-15,28H,8-9H2. The van der Waals surface area contributed by atoms with E-state index >= 15 is 0 Å². The molecule has 0 atom stereocenters. The summed E-state index contributed by atoms with van der Waals surface area (Å²) in [7, 11) is 0. The van der Waals surface area contributed by atoms with Crippen LogP contribution in [0.4, 0.5) is 4.39 Å². The van der Waals surface area contributed by atoms with Crippen LogP contribution in [-0.4, -0.2) is 15.5 Å². The lowest BCUT2D eigenvalue weighted by Gasteiger charge is -2.08. The Hall–Kier alpha value is -3.40. The lowest BCUT2D eigenvalue weighted by atomic mass is 10.0. The quantitative estimate of drug-likeness (QED) is 0.476. The molecule has 0 amide bonds. The minimum Gasteiger partial charge on any atom is -0.494 e.